The van der Waals surface area contributed by atoms with Gasteiger partial charge >= 0.3 is 0 Å². The van der Waals surface area contributed by atoms with Crippen LogP contribution in [0.1, 0.15) is 17.2 Å². The third-order valence-electron chi connectivity index (χ3n) is 3.99. The lowest BCUT2D eigenvalue weighted by atomic mass is 10.1. The van der Waals surface area contributed by atoms with E-state index in [0.29, 0.717) is 18.3 Å². The molecule has 1 aliphatic heterocycles. The molecule has 3 rings (SSSR count). The SMILES string of the molecule is COc1ccc(CN2OC(N)=CC2c2ccc(OC)nc2)c(OC)c1. The number of rotatable bonds is 6. The van der Waals surface area contributed by atoms with Gasteiger partial charge < -0.3 is 24.8 Å². The fraction of sp³-hybridized carbons (Fsp3) is 0.278. The van der Waals surface area contributed by atoms with E-state index < -0.39 is 0 Å². The van der Waals surface area contributed by atoms with Crippen molar-refractivity contribution in [3.63, 3.8) is 0 Å². The van der Waals surface area contributed by atoms with Crippen molar-refractivity contribution in [2.24, 2.45) is 5.73 Å². The van der Waals surface area contributed by atoms with Crippen LogP contribution in [-0.4, -0.2) is 31.4 Å². The first kappa shape index (κ1) is 16.9. The fourth-order valence-corrected chi connectivity index (χ4v) is 2.69. The first-order valence-corrected chi connectivity index (χ1v) is 7.77. The molecular weight excluding hydrogens is 322 g/mol. The van der Waals surface area contributed by atoms with Gasteiger partial charge in [0.15, 0.2) is 0 Å². The molecule has 0 saturated heterocycles. The first-order chi connectivity index (χ1) is 12.1. The third-order valence-corrected chi connectivity index (χ3v) is 3.99. The summed E-state index contributed by atoms with van der Waals surface area (Å²) in [5.41, 5.74) is 7.79. The molecule has 1 atom stereocenters. The van der Waals surface area contributed by atoms with Gasteiger partial charge in [0.25, 0.3) is 0 Å². The largest absolute Gasteiger partial charge is 0.497 e. The van der Waals surface area contributed by atoms with Crippen LogP contribution in [0.4, 0.5) is 0 Å². The minimum Gasteiger partial charge on any atom is -0.497 e. The molecule has 1 aromatic heterocycles. The molecule has 0 bridgehead atoms. The summed E-state index contributed by atoms with van der Waals surface area (Å²) in [6, 6.07) is 9.27. The summed E-state index contributed by atoms with van der Waals surface area (Å²) >= 11 is 0. The molecule has 0 radical (unpaired) electrons. The van der Waals surface area contributed by atoms with Crippen LogP contribution in [0.3, 0.4) is 0 Å². The van der Waals surface area contributed by atoms with Gasteiger partial charge in [-0.15, -0.1) is 5.06 Å². The number of ether oxygens (including phenoxy) is 3. The highest BCUT2D eigenvalue weighted by molar-refractivity contribution is 5.41. The smallest absolute Gasteiger partial charge is 0.212 e. The Morgan fingerprint density at radius 3 is 2.60 bits per heavy atom. The maximum absolute atomic E-state index is 5.88. The van der Waals surface area contributed by atoms with Gasteiger partial charge in [-0.3, -0.25) is 0 Å². The number of benzene rings is 1. The van der Waals surface area contributed by atoms with E-state index in [0.717, 1.165) is 22.6 Å². The number of hydroxylamine groups is 2. The van der Waals surface area contributed by atoms with E-state index in [9.17, 15) is 0 Å². The van der Waals surface area contributed by atoms with E-state index in [-0.39, 0.29) is 6.04 Å². The van der Waals surface area contributed by atoms with Gasteiger partial charge in [-0.1, -0.05) is 12.1 Å². The van der Waals surface area contributed by atoms with Crippen molar-refractivity contribution in [2.45, 2.75) is 12.6 Å². The van der Waals surface area contributed by atoms with Crippen LogP contribution in [0.5, 0.6) is 17.4 Å². The second kappa shape index (κ2) is 7.31. The van der Waals surface area contributed by atoms with Crippen molar-refractivity contribution >= 4 is 0 Å². The van der Waals surface area contributed by atoms with E-state index in [4.69, 9.17) is 24.8 Å². The zero-order valence-corrected chi connectivity index (χ0v) is 14.4. The van der Waals surface area contributed by atoms with Gasteiger partial charge in [0.05, 0.1) is 33.9 Å². The summed E-state index contributed by atoms with van der Waals surface area (Å²) in [5, 5.41) is 1.78. The van der Waals surface area contributed by atoms with Crippen molar-refractivity contribution in [1.29, 1.82) is 0 Å². The number of aromatic nitrogens is 1. The van der Waals surface area contributed by atoms with Gasteiger partial charge in [0.1, 0.15) is 11.5 Å². The molecule has 1 unspecified atom stereocenters. The lowest BCUT2D eigenvalue weighted by Crippen LogP contribution is -2.23. The molecule has 2 N–H and O–H groups in total. The quantitative estimate of drug-likeness (QED) is 0.863. The monoisotopic (exact) mass is 343 g/mol. The van der Waals surface area contributed by atoms with Gasteiger partial charge in [-0.25, -0.2) is 4.98 Å². The summed E-state index contributed by atoms with van der Waals surface area (Å²) in [4.78, 5) is 9.92. The van der Waals surface area contributed by atoms with Crippen molar-refractivity contribution in [2.75, 3.05) is 21.3 Å². The Kier molecular flexibility index (Phi) is 4.95. The summed E-state index contributed by atoms with van der Waals surface area (Å²) in [7, 11) is 4.83. The third kappa shape index (κ3) is 3.61. The van der Waals surface area contributed by atoms with Gasteiger partial charge in [0, 0.05) is 30.0 Å². The Morgan fingerprint density at radius 2 is 1.96 bits per heavy atom. The molecule has 7 heteroatoms. The summed E-state index contributed by atoms with van der Waals surface area (Å²) < 4.78 is 15.8. The fourth-order valence-electron chi connectivity index (χ4n) is 2.69. The maximum atomic E-state index is 5.88. The Morgan fingerprint density at radius 1 is 1.12 bits per heavy atom. The molecular formula is C18H21N3O4. The molecule has 25 heavy (non-hydrogen) atoms. The molecule has 0 fully saturated rings. The van der Waals surface area contributed by atoms with Gasteiger partial charge in [-0.05, 0) is 11.6 Å². The van der Waals surface area contributed by atoms with Crippen LogP contribution in [0.25, 0.3) is 0 Å². The highest BCUT2D eigenvalue weighted by Crippen LogP contribution is 2.34. The predicted octanol–water partition coefficient (Wildman–Crippen LogP) is 2.40. The number of methoxy groups -OCH3 is 3. The average Bonchev–Trinajstić information content (AvgIpc) is 3.02. The van der Waals surface area contributed by atoms with Crippen LogP contribution in [0.15, 0.2) is 48.5 Å². The first-order valence-electron chi connectivity index (χ1n) is 7.77. The Bertz CT molecular complexity index is 761. The van der Waals surface area contributed by atoms with Crippen molar-refractivity contribution in [3.05, 3.63) is 59.6 Å². The van der Waals surface area contributed by atoms with Crippen molar-refractivity contribution < 1.29 is 19.0 Å². The number of nitrogens with two attached hydrogens (primary N) is 1. The lowest BCUT2D eigenvalue weighted by Gasteiger charge is -2.23. The Balaban J connectivity index is 1.83. The standard InChI is InChI=1S/C18H21N3O4/c1-22-14-6-4-13(16(8-14)23-2)11-21-15(9-17(19)25-21)12-5-7-18(24-3)20-10-12/h4-10,15H,11,19H2,1-3H3. The molecule has 7 nitrogen and oxygen atoms in total. The lowest BCUT2D eigenvalue weighted by molar-refractivity contribution is -0.128. The van der Waals surface area contributed by atoms with E-state index in [1.165, 1.54) is 0 Å². The predicted molar refractivity (Wildman–Crippen MR) is 92.0 cm³/mol. The zero-order chi connectivity index (χ0) is 17.8. The zero-order valence-electron chi connectivity index (χ0n) is 14.4. The molecule has 0 saturated carbocycles. The average molecular weight is 343 g/mol. The Hall–Kier alpha value is -2.93. The molecule has 2 heterocycles. The van der Waals surface area contributed by atoms with Crippen LogP contribution in [0.2, 0.25) is 0 Å². The van der Waals surface area contributed by atoms with Crippen LogP contribution in [-0.2, 0) is 11.4 Å². The van der Waals surface area contributed by atoms with Gasteiger partial charge in [-0.2, -0.15) is 0 Å². The second-order valence-corrected chi connectivity index (χ2v) is 5.49. The number of hydrogen-bond acceptors (Lipinski definition) is 7. The van der Waals surface area contributed by atoms with Crippen LogP contribution < -0.4 is 19.9 Å². The molecule has 0 amide bonds. The molecule has 2 aromatic rings. The number of pyridine rings is 1. The normalized spacial score (nSPS) is 16.9. The van der Waals surface area contributed by atoms with E-state index >= 15 is 0 Å². The summed E-state index contributed by atoms with van der Waals surface area (Å²) in [6.45, 7) is 0.487. The van der Waals surface area contributed by atoms with Crippen LogP contribution >= 0.6 is 0 Å². The summed E-state index contributed by atoms with van der Waals surface area (Å²) in [6.07, 6.45) is 3.60. The number of hydrogen-bond donors (Lipinski definition) is 1. The topological polar surface area (TPSA) is 79.1 Å². The van der Waals surface area contributed by atoms with Crippen molar-refractivity contribution in [1.82, 2.24) is 10.0 Å². The molecule has 1 aromatic carbocycles. The highest BCUT2D eigenvalue weighted by Gasteiger charge is 2.28. The minimum absolute atomic E-state index is 0.148. The second-order valence-electron chi connectivity index (χ2n) is 5.49. The molecule has 0 spiro atoms. The maximum Gasteiger partial charge on any atom is 0.212 e. The summed E-state index contributed by atoms with van der Waals surface area (Å²) in [5.74, 6) is 2.37. The molecule has 1 aliphatic rings. The minimum atomic E-state index is -0.148. The van der Waals surface area contributed by atoms with Crippen molar-refractivity contribution in [3.8, 4) is 17.4 Å². The highest BCUT2D eigenvalue weighted by atomic mass is 16.7. The number of nitrogens with zero attached hydrogens (tertiary/aromatic N) is 2. The Labute approximate surface area is 146 Å². The van der Waals surface area contributed by atoms with Gasteiger partial charge in [0.2, 0.25) is 11.8 Å². The molecule has 0 aliphatic carbocycles. The molecule has 132 valence electrons. The van der Waals surface area contributed by atoms with E-state index in [1.54, 1.807) is 32.6 Å². The van der Waals surface area contributed by atoms with E-state index in [1.807, 2.05) is 36.4 Å². The van der Waals surface area contributed by atoms with E-state index in [2.05, 4.69) is 4.98 Å². The van der Waals surface area contributed by atoms with Crippen LogP contribution in [0, 0.1) is 0 Å².